The molecule has 1 fully saturated rings. The average molecular weight is 309 g/mol. The number of nitrogens with one attached hydrogen (secondary N) is 1. The van der Waals surface area contributed by atoms with Crippen LogP contribution in [0.3, 0.4) is 0 Å². The summed E-state index contributed by atoms with van der Waals surface area (Å²) in [6.07, 6.45) is 4.85. The van der Waals surface area contributed by atoms with Crippen molar-refractivity contribution in [2.45, 2.75) is 13.0 Å². The van der Waals surface area contributed by atoms with Gasteiger partial charge in [0.15, 0.2) is 5.65 Å². The molecular weight excluding hydrogens is 294 g/mol. The number of rotatable bonds is 3. The molecule has 0 radical (unpaired) electrons. The predicted octanol–water partition coefficient (Wildman–Crippen LogP) is 1.25. The second-order valence-corrected chi connectivity index (χ2v) is 5.50. The van der Waals surface area contributed by atoms with Gasteiger partial charge in [-0.05, 0) is 24.6 Å². The Hall–Kier alpha value is -2.80. The van der Waals surface area contributed by atoms with Crippen LogP contribution in [-0.2, 0) is 4.74 Å². The highest BCUT2D eigenvalue weighted by atomic mass is 16.5. The Morgan fingerprint density at radius 1 is 1.35 bits per heavy atom. The third kappa shape index (κ3) is 2.35. The second kappa shape index (κ2) is 5.44. The van der Waals surface area contributed by atoms with Gasteiger partial charge >= 0.3 is 0 Å². The molecule has 0 spiro atoms. The minimum Gasteiger partial charge on any atom is -0.377 e. The number of hydrogen-bond donors (Lipinski definition) is 1. The van der Waals surface area contributed by atoms with Crippen molar-refractivity contribution < 1.29 is 9.53 Å². The van der Waals surface area contributed by atoms with Crippen LogP contribution in [0.2, 0.25) is 0 Å². The van der Waals surface area contributed by atoms with E-state index in [1.54, 1.807) is 12.5 Å². The number of hydrogen-bond acceptors (Lipinski definition) is 5. The minimum atomic E-state index is -0.0864. The van der Waals surface area contributed by atoms with Crippen LogP contribution in [0.15, 0.2) is 37.1 Å². The molecule has 0 bridgehead atoms. The van der Waals surface area contributed by atoms with Crippen LogP contribution in [0.25, 0.3) is 16.9 Å². The summed E-state index contributed by atoms with van der Waals surface area (Å²) in [6, 6.07) is 5.73. The fourth-order valence-electron chi connectivity index (χ4n) is 2.66. The molecule has 3 heterocycles. The SMILES string of the molecule is Cc1c(C(=O)NC2COC2)cccc1-n1cnc2cncnc21. The monoisotopic (exact) mass is 309 g/mol. The Morgan fingerprint density at radius 2 is 2.22 bits per heavy atom. The van der Waals surface area contributed by atoms with Crippen LogP contribution in [0, 0.1) is 6.92 Å². The van der Waals surface area contributed by atoms with Gasteiger partial charge in [0.2, 0.25) is 0 Å². The summed E-state index contributed by atoms with van der Waals surface area (Å²) in [7, 11) is 0. The van der Waals surface area contributed by atoms with Gasteiger partial charge in [-0.3, -0.25) is 9.36 Å². The van der Waals surface area contributed by atoms with E-state index in [2.05, 4.69) is 20.3 Å². The molecule has 0 saturated carbocycles. The number of amides is 1. The van der Waals surface area contributed by atoms with Crippen molar-refractivity contribution in [1.29, 1.82) is 0 Å². The number of benzene rings is 1. The first kappa shape index (κ1) is 13.8. The van der Waals surface area contributed by atoms with Crippen LogP contribution < -0.4 is 5.32 Å². The smallest absolute Gasteiger partial charge is 0.252 e. The fraction of sp³-hybridized carbons (Fsp3) is 0.250. The third-order valence-electron chi connectivity index (χ3n) is 4.00. The van der Waals surface area contributed by atoms with Crippen molar-refractivity contribution in [3.05, 3.63) is 48.2 Å². The lowest BCUT2D eigenvalue weighted by Crippen LogP contribution is -2.48. The van der Waals surface area contributed by atoms with Gasteiger partial charge in [-0.15, -0.1) is 0 Å². The van der Waals surface area contributed by atoms with Gasteiger partial charge < -0.3 is 10.1 Å². The second-order valence-electron chi connectivity index (χ2n) is 5.50. The number of carbonyl (C=O) groups is 1. The Morgan fingerprint density at radius 3 is 3.00 bits per heavy atom. The van der Waals surface area contributed by atoms with E-state index in [9.17, 15) is 4.79 Å². The first-order valence-electron chi connectivity index (χ1n) is 7.35. The highest BCUT2D eigenvalue weighted by molar-refractivity contribution is 5.96. The zero-order valence-electron chi connectivity index (χ0n) is 12.6. The normalized spacial score (nSPS) is 14.7. The van der Waals surface area contributed by atoms with Gasteiger partial charge in [0, 0.05) is 5.56 Å². The number of carbonyl (C=O) groups excluding carboxylic acids is 1. The van der Waals surface area contributed by atoms with Gasteiger partial charge in [-0.25, -0.2) is 15.0 Å². The molecule has 1 saturated heterocycles. The quantitative estimate of drug-likeness (QED) is 0.787. The largest absolute Gasteiger partial charge is 0.377 e. The van der Waals surface area contributed by atoms with E-state index < -0.39 is 0 Å². The molecular formula is C16H15N5O2. The van der Waals surface area contributed by atoms with Crippen molar-refractivity contribution in [1.82, 2.24) is 24.8 Å². The number of imidazole rings is 1. The zero-order chi connectivity index (χ0) is 15.8. The van der Waals surface area contributed by atoms with Crippen molar-refractivity contribution in [2.24, 2.45) is 0 Å². The van der Waals surface area contributed by atoms with Gasteiger partial charge in [0.1, 0.15) is 18.2 Å². The molecule has 116 valence electrons. The minimum absolute atomic E-state index is 0.0864. The van der Waals surface area contributed by atoms with E-state index in [4.69, 9.17) is 4.74 Å². The summed E-state index contributed by atoms with van der Waals surface area (Å²) in [5.41, 5.74) is 3.83. The van der Waals surface area contributed by atoms with Gasteiger partial charge in [-0.1, -0.05) is 6.07 Å². The summed E-state index contributed by atoms with van der Waals surface area (Å²) in [5.74, 6) is -0.0864. The van der Waals surface area contributed by atoms with E-state index in [1.807, 2.05) is 29.7 Å². The van der Waals surface area contributed by atoms with Crippen LogP contribution >= 0.6 is 0 Å². The third-order valence-corrected chi connectivity index (χ3v) is 4.00. The Labute approximate surface area is 132 Å². The molecule has 7 heteroatoms. The van der Waals surface area contributed by atoms with Gasteiger partial charge in [-0.2, -0.15) is 0 Å². The molecule has 3 aromatic rings. The molecule has 1 aliphatic rings. The highest BCUT2D eigenvalue weighted by Gasteiger charge is 2.22. The van der Waals surface area contributed by atoms with E-state index in [0.29, 0.717) is 29.9 Å². The van der Waals surface area contributed by atoms with E-state index in [1.165, 1.54) is 6.33 Å². The standard InChI is InChI=1S/C16H15N5O2/c1-10-12(16(22)20-11-6-23-7-11)3-2-4-14(10)21-9-19-13-5-17-8-18-15(13)21/h2-5,8-9,11H,6-7H2,1H3,(H,20,22). The van der Waals surface area contributed by atoms with E-state index in [0.717, 1.165) is 11.3 Å². The van der Waals surface area contributed by atoms with Crippen molar-refractivity contribution in [2.75, 3.05) is 13.2 Å². The van der Waals surface area contributed by atoms with Crippen molar-refractivity contribution in [3.63, 3.8) is 0 Å². The number of fused-ring (bicyclic) bond motifs is 1. The topological polar surface area (TPSA) is 81.9 Å². The number of nitrogens with zero attached hydrogens (tertiary/aromatic N) is 4. The van der Waals surface area contributed by atoms with Crippen LogP contribution in [0.5, 0.6) is 0 Å². The predicted molar refractivity (Wildman–Crippen MR) is 83.5 cm³/mol. The van der Waals surface area contributed by atoms with E-state index >= 15 is 0 Å². The molecule has 0 unspecified atom stereocenters. The molecule has 1 N–H and O–H groups in total. The molecule has 7 nitrogen and oxygen atoms in total. The lowest BCUT2D eigenvalue weighted by Gasteiger charge is -2.27. The maximum absolute atomic E-state index is 12.4. The first-order valence-corrected chi connectivity index (χ1v) is 7.35. The first-order chi connectivity index (χ1) is 11.2. The zero-order valence-corrected chi connectivity index (χ0v) is 12.6. The van der Waals surface area contributed by atoms with Crippen molar-refractivity contribution in [3.8, 4) is 5.69 Å². The maximum atomic E-state index is 12.4. The fourth-order valence-corrected chi connectivity index (χ4v) is 2.66. The molecule has 1 aliphatic heterocycles. The molecule has 4 rings (SSSR count). The van der Waals surface area contributed by atoms with E-state index in [-0.39, 0.29) is 11.9 Å². The number of ether oxygens (including phenoxy) is 1. The van der Waals surface area contributed by atoms with Crippen LogP contribution in [0.1, 0.15) is 15.9 Å². The highest BCUT2D eigenvalue weighted by Crippen LogP contribution is 2.22. The molecule has 0 aliphatic carbocycles. The average Bonchev–Trinajstić information content (AvgIpc) is 2.95. The lowest BCUT2D eigenvalue weighted by atomic mass is 10.1. The molecule has 0 atom stereocenters. The maximum Gasteiger partial charge on any atom is 0.252 e. The Bertz CT molecular complexity index is 885. The Balaban J connectivity index is 1.75. The molecule has 1 amide bonds. The Kier molecular flexibility index (Phi) is 3.27. The van der Waals surface area contributed by atoms with Crippen LogP contribution in [-0.4, -0.2) is 44.7 Å². The van der Waals surface area contributed by atoms with Crippen molar-refractivity contribution >= 4 is 17.1 Å². The van der Waals surface area contributed by atoms with Gasteiger partial charge in [0.05, 0.1) is 31.1 Å². The lowest BCUT2D eigenvalue weighted by molar-refractivity contribution is -0.00347. The summed E-state index contributed by atoms with van der Waals surface area (Å²) in [5, 5.41) is 2.97. The summed E-state index contributed by atoms with van der Waals surface area (Å²) in [6.45, 7) is 3.08. The summed E-state index contributed by atoms with van der Waals surface area (Å²) in [4.78, 5) is 25.0. The van der Waals surface area contributed by atoms with Gasteiger partial charge in [0.25, 0.3) is 5.91 Å². The molecule has 1 aromatic carbocycles. The summed E-state index contributed by atoms with van der Waals surface area (Å²) < 4.78 is 6.96. The summed E-state index contributed by atoms with van der Waals surface area (Å²) >= 11 is 0. The van der Waals surface area contributed by atoms with Crippen LogP contribution in [0.4, 0.5) is 0 Å². The molecule has 23 heavy (non-hydrogen) atoms. The number of aromatic nitrogens is 4. The molecule has 2 aromatic heterocycles.